The van der Waals surface area contributed by atoms with E-state index in [-0.39, 0.29) is 0 Å². The van der Waals surface area contributed by atoms with E-state index in [1.54, 1.807) is 0 Å². The predicted molar refractivity (Wildman–Crippen MR) is 99.3 cm³/mol. The van der Waals surface area contributed by atoms with E-state index in [2.05, 4.69) is 5.32 Å². The molecule has 170 valence electrons. The fourth-order valence-corrected chi connectivity index (χ4v) is 5.98. The average Bonchev–Trinajstić information content (AvgIpc) is 2.59. The number of hydrogen-bond acceptors (Lipinski definition) is 11. The Morgan fingerprint density at radius 2 is 1.30 bits per heavy atom. The molecule has 1 unspecified atom stereocenters. The minimum atomic E-state index is -4.13. The van der Waals surface area contributed by atoms with Gasteiger partial charge in [0.1, 0.15) is 18.3 Å². The zero-order chi connectivity index (χ0) is 23.2. The predicted octanol–water partition coefficient (Wildman–Crippen LogP) is 0.114. The largest absolute Gasteiger partial charge is 0.465 e. The fourth-order valence-electron chi connectivity index (χ4n) is 3.22. The number of ether oxygens (including phenoxy) is 4. The highest BCUT2D eigenvalue weighted by molar-refractivity contribution is 7.60. The summed E-state index contributed by atoms with van der Waals surface area (Å²) in [5.74, 6) is -5.45. The number of carbonyl (C=O) groups is 5. The van der Waals surface area contributed by atoms with Crippen LogP contribution in [0.3, 0.4) is 0 Å². The van der Waals surface area contributed by atoms with Crippen LogP contribution >= 0.6 is 7.37 Å². The van der Waals surface area contributed by atoms with E-state index >= 15 is 0 Å². The van der Waals surface area contributed by atoms with Gasteiger partial charge < -0.3 is 28.8 Å². The highest BCUT2D eigenvalue weighted by atomic mass is 31.2. The van der Waals surface area contributed by atoms with Crippen LogP contribution in [0.4, 0.5) is 0 Å². The molecule has 1 aliphatic rings. The van der Waals surface area contributed by atoms with Gasteiger partial charge in [0.25, 0.3) is 7.37 Å². The molecule has 1 saturated heterocycles. The third-order valence-electron chi connectivity index (χ3n) is 4.18. The normalized spacial score (nSPS) is 30.5. The second kappa shape index (κ2) is 10.5. The molecule has 0 bridgehead atoms. The van der Waals surface area contributed by atoms with E-state index in [0.29, 0.717) is 0 Å². The first-order valence-electron chi connectivity index (χ1n) is 8.90. The quantitative estimate of drug-likeness (QED) is 0.318. The molecule has 1 heterocycles. The van der Waals surface area contributed by atoms with Gasteiger partial charge in [0.05, 0.1) is 0 Å². The van der Waals surface area contributed by atoms with Crippen molar-refractivity contribution in [2.75, 3.05) is 13.7 Å². The molecule has 0 aromatic rings. The van der Waals surface area contributed by atoms with Crippen molar-refractivity contribution in [2.45, 2.75) is 64.4 Å². The van der Waals surface area contributed by atoms with Gasteiger partial charge in [0, 0.05) is 41.7 Å². The van der Waals surface area contributed by atoms with Gasteiger partial charge in [0.2, 0.25) is 11.8 Å². The van der Waals surface area contributed by atoms with E-state index in [1.165, 1.54) is 0 Å². The molecule has 0 saturated carbocycles. The second-order valence-corrected chi connectivity index (χ2v) is 9.40. The SMILES string of the molecule is COP1(=O)[C@H](COC(C)=O)[C@@H](OC(C)=O)[C@H](OC(C)=O)[C@@H](NC(C)=O)[C@@H]1OC(C)=O. The Kier molecular flexibility index (Phi) is 8.98. The van der Waals surface area contributed by atoms with Crippen molar-refractivity contribution in [3.8, 4) is 0 Å². The Morgan fingerprint density at radius 1 is 0.800 bits per heavy atom. The molecular formula is C17H26NO11P. The zero-order valence-corrected chi connectivity index (χ0v) is 18.4. The number of carbonyl (C=O) groups excluding carboxylic acids is 5. The third-order valence-corrected chi connectivity index (χ3v) is 7.26. The van der Waals surface area contributed by atoms with E-state index in [0.717, 1.165) is 41.7 Å². The summed E-state index contributed by atoms with van der Waals surface area (Å²) in [5.41, 5.74) is -1.35. The fraction of sp³-hybridized carbons (Fsp3) is 0.706. The molecule has 1 aliphatic heterocycles. The lowest BCUT2D eigenvalue weighted by Gasteiger charge is -2.47. The topological polar surface area (TPSA) is 161 Å². The molecule has 1 amide bonds. The summed E-state index contributed by atoms with van der Waals surface area (Å²) in [4.78, 5) is 58.4. The Hall–Kier alpha value is -2.46. The van der Waals surface area contributed by atoms with Crippen LogP contribution in [0.5, 0.6) is 0 Å². The molecule has 30 heavy (non-hydrogen) atoms. The summed E-state index contributed by atoms with van der Waals surface area (Å²) in [5, 5.41) is 2.43. The van der Waals surface area contributed by atoms with Crippen LogP contribution in [0.15, 0.2) is 0 Å². The molecule has 0 spiro atoms. The smallest absolute Gasteiger partial charge is 0.303 e. The summed E-state index contributed by atoms with van der Waals surface area (Å²) in [6.07, 6.45) is -2.86. The average molecular weight is 451 g/mol. The van der Waals surface area contributed by atoms with Crippen molar-refractivity contribution >= 4 is 37.2 Å². The number of amides is 1. The second-order valence-electron chi connectivity index (χ2n) is 6.57. The van der Waals surface area contributed by atoms with Crippen LogP contribution in [0.25, 0.3) is 0 Å². The lowest BCUT2D eigenvalue weighted by Crippen LogP contribution is -2.65. The molecule has 0 aromatic carbocycles. The Balaban J connectivity index is 3.69. The van der Waals surface area contributed by atoms with E-state index < -0.39 is 73.5 Å². The Morgan fingerprint density at radius 3 is 1.70 bits per heavy atom. The van der Waals surface area contributed by atoms with Crippen molar-refractivity contribution in [3.63, 3.8) is 0 Å². The maximum atomic E-state index is 13.9. The van der Waals surface area contributed by atoms with Crippen molar-refractivity contribution in [1.82, 2.24) is 5.32 Å². The first-order chi connectivity index (χ1) is 13.8. The van der Waals surface area contributed by atoms with Crippen molar-refractivity contribution in [2.24, 2.45) is 0 Å². The van der Waals surface area contributed by atoms with E-state index in [1.807, 2.05) is 0 Å². The van der Waals surface area contributed by atoms with Crippen LogP contribution in [-0.4, -0.2) is 73.3 Å². The molecule has 1 N–H and O–H groups in total. The van der Waals surface area contributed by atoms with E-state index in [4.69, 9.17) is 23.5 Å². The summed E-state index contributed by atoms with van der Waals surface area (Å²) < 4.78 is 39.8. The monoisotopic (exact) mass is 451 g/mol. The van der Waals surface area contributed by atoms with E-state index in [9.17, 15) is 28.5 Å². The van der Waals surface area contributed by atoms with Crippen LogP contribution in [0.1, 0.15) is 34.6 Å². The minimum absolute atomic E-state index is 0.555. The molecule has 1 rings (SSSR count). The molecule has 0 aromatic heterocycles. The summed E-state index contributed by atoms with van der Waals surface area (Å²) in [6, 6.07) is -1.38. The van der Waals surface area contributed by atoms with Crippen LogP contribution in [0, 0.1) is 0 Å². The van der Waals surface area contributed by atoms with Gasteiger partial charge in [-0.3, -0.25) is 28.5 Å². The van der Waals surface area contributed by atoms with Gasteiger partial charge in [-0.05, 0) is 0 Å². The summed E-state index contributed by atoms with van der Waals surface area (Å²) in [7, 11) is -3.06. The molecule has 0 aliphatic carbocycles. The van der Waals surface area contributed by atoms with Gasteiger partial charge in [-0.1, -0.05) is 0 Å². The minimum Gasteiger partial charge on any atom is -0.465 e. The maximum Gasteiger partial charge on any atom is 0.303 e. The number of rotatable bonds is 7. The van der Waals surface area contributed by atoms with Crippen molar-refractivity contribution in [3.05, 3.63) is 0 Å². The van der Waals surface area contributed by atoms with Gasteiger partial charge in [-0.25, -0.2) is 0 Å². The maximum absolute atomic E-state index is 13.9. The molecule has 12 nitrogen and oxygen atoms in total. The zero-order valence-electron chi connectivity index (χ0n) is 17.5. The van der Waals surface area contributed by atoms with Gasteiger partial charge >= 0.3 is 23.9 Å². The first kappa shape index (κ1) is 25.6. The standard InChI is InChI=1S/C17H26NO11P/c1-8(19)18-14-16(28-11(4)22)15(27-10(3)21)13(7-26-9(2)20)30(24,25-6)17(14)29-12(5)23/h13-17H,7H2,1-6H3,(H,18,19)/t13-,14-,15-,16-,17-,30?/m1/s1. The van der Waals surface area contributed by atoms with Crippen LogP contribution in [0.2, 0.25) is 0 Å². The van der Waals surface area contributed by atoms with Gasteiger partial charge in [-0.15, -0.1) is 0 Å². The first-order valence-corrected chi connectivity index (χ1v) is 10.7. The number of nitrogens with one attached hydrogen (secondary N) is 1. The molecular weight excluding hydrogens is 425 g/mol. The number of hydrogen-bond donors (Lipinski definition) is 1. The lowest BCUT2D eigenvalue weighted by atomic mass is 10.0. The third kappa shape index (κ3) is 6.27. The molecule has 13 heteroatoms. The molecule has 6 atom stereocenters. The summed E-state index contributed by atoms with van der Waals surface area (Å²) >= 11 is 0. The van der Waals surface area contributed by atoms with Crippen molar-refractivity contribution < 1.29 is 52.0 Å². The molecule has 0 radical (unpaired) electrons. The van der Waals surface area contributed by atoms with Crippen molar-refractivity contribution in [1.29, 1.82) is 0 Å². The highest BCUT2D eigenvalue weighted by Crippen LogP contribution is 2.62. The lowest BCUT2D eigenvalue weighted by molar-refractivity contribution is -0.177. The van der Waals surface area contributed by atoms with Gasteiger partial charge in [-0.2, -0.15) is 0 Å². The summed E-state index contributed by atoms with van der Waals surface area (Å²) in [6.45, 7) is 4.87. The number of esters is 4. The molecule has 1 fully saturated rings. The highest BCUT2D eigenvalue weighted by Gasteiger charge is 2.63. The van der Waals surface area contributed by atoms with Crippen LogP contribution in [-0.2, 0) is 52.0 Å². The Bertz CT molecular complexity index is 752. The Labute approximate surface area is 173 Å². The van der Waals surface area contributed by atoms with Gasteiger partial charge in [0.15, 0.2) is 12.2 Å². The van der Waals surface area contributed by atoms with Crippen LogP contribution < -0.4 is 5.32 Å².